The first-order valence-electron chi connectivity index (χ1n) is 7.05. The van der Waals surface area contributed by atoms with Gasteiger partial charge in [0.15, 0.2) is 0 Å². The van der Waals surface area contributed by atoms with Gasteiger partial charge in [0.05, 0.1) is 17.6 Å². The SMILES string of the molecule is Cn1c(CNC2CCCSC2)nc2ccccc21.O=CO. The van der Waals surface area contributed by atoms with E-state index in [4.69, 9.17) is 14.9 Å². The number of aromatic nitrogens is 2. The van der Waals surface area contributed by atoms with E-state index in [0.29, 0.717) is 6.04 Å². The van der Waals surface area contributed by atoms with Gasteiger partial charge in [-0.2, -0.15) is 11.8 Å². The van der Waals surface area contributed by atoms with Crippen LogP contribution in [0, 0.1) is 0 Å². The lowest BCUT2D eigenvalue weighted by Gasteiger charge is -2.22. The minimum atomic E-state index is -0.250. The van der Waals surface area contributed by atoms with Crippen LogP contribution in [0.5, 0.6) is 0 Å². The molecule has 0 aliphatic carbocycles. The van der Waals surface area contributed by atoms with Gasteiger partial charge < -0.3 is 15.0 Å². The molecule has 1 fully saturated rings. The number of imidazole rings is 1. The van der Waals surface area contributed by atoms with E-state index in [1.807, 2.05) is 6.07 Å². The summed E-state index contributed by atoms with van der Waals surface area (Å²) in [7, 11) is 2.10. The Hall–Kier alpha value is -1.53. The molecule has 21 heavy (non-hydrogen) atoms. The standard InChI is InChI=1S/C14H19N3S.CH2O2/c1-17-13-7-3-2-6-12(13)16-14(17)9-15-11-5-4-8-18-10-11;2-1-3/h2-3,6-7,11,15H,4-5,8-10H2,1H3;1H,(H,2,3). The number of aryl methyl sites for hydroxylation is 1. The number of nitrogens with zero attached hydrogens (tertiary/aromatic N) is 2. The molecule has 2 N–H and O–H groups in total. The van der Waals surface area contributed by atoms with E-state index in [2.05, 4.69) is 46.9 Å². The number of para-hydroxylation sites is 2. The molecule has 3 rings (SSSR count). The Labute approximate surface area is 128 Å². The van der Waals surface area contributed by atoms with Crippen LogP contribution in [0.4, 0.5) is 0 Å². The van der Waals surface area contributed by atoms with Crippen LogP contribution >= 0.6 is 11.8 Å². The number of hydrogen-bond acceptors (Lipinski definition) is 4. The molecule has 1 aliphatic rings. The van der Waals surface area contributed by atoms with Crippen molar-refractivity contribution >= 4 is 29.3 Å². The van der Waals surface area contributed by atoms with Crippen LogP contribution < -0.4 is 5.32 Å². The molecule has 2 heterocycles. The van der Waals surface area contributed by atoms with Crippen LogP contribution in [0.3, 0.4) is 0 Å². The number of thioether (sulfide) groups is 1. The Balaban J connectivity index is 0.000000497. The molecule has 2 aromatic rings. The normalized spacial score (nSPS) is 18.0. The second-order valence-corrected chi connectivity index (χ2v) is 6.13. The monoisotopic (exact) mass is 307 g/mol. The van der Waals surface area contributed by atoms with Crippen molar-refractivity contribution in [2.45, 2.75) is 25.4 Å². The molecular formula is C15H21N3O2S. The average Bonchev–Trinajstić information content (AvgIpc) is 2.84. The van der Waals surface area contributed by atoms with Gasteiger partial charge in [-0.3, -0.25) is 4.79 Å². The van der Waals surface area contributed by atoms with E-state index in [1.54, 1.807) is 0 Å². The highest BCUT2D eigenvalue weighted by Crippen LogP contribution is 2.18. The van der Waals surface area contributed by atoms with Crippen molar-refractivity contribution in [1.82, 2.24) is 14.9 Å². The second-order valence-electron chi connectivity index (χ2n) is 4.98. The number of carboxylic acid groups (broad SMARTS) is 1. The van der Waals surface area contributed by atoms with E-state index < -0.39 is 0 Å². The Morgan fingerprint density at radius 3 is 2.95 bits per heavy atom. The first-order chi connectivity index (χ1) is 10.3. The molecule has 1 aromatic carbocycles. The lowest BCUT2D eigenvalue weighted by molar-refractivity contribution is -0.122. The summed E-state index contributed by atoms with van der Waals surface area (Å²) in [4.78, 5) is 13.1. The number of carbonyl (C=O) groups is 1. The lowest BCUT2D eigenvalue weighted by Crippen LogP contribution is -2.33. The highest BCUT2D eigenvalue weighted by molar-refractivity contribution is 7.99. The summed E-state index contributed by atoms with van der Waals surface area (Å²) in [5.41, 5.74) is 2.31. The van der Waals surface area contributed by atoms with Gasteiger partial charge in [-0.1, -0.05) is 12.1 Å². The minimum Gasteiger partial charge on any atom is -0.483 e. The maximum absolute atomic E-state index is 8.36. The number of rotatable bonds is 3. The fraction of sp³-hybridized carbons (Fsp3) is 0.467. The minimum absolute atomic E-state index is 0.250. The van der Waals surface area contributed by atoms with Gasteiger partial charge in [-0.15, -0.1) is 0 Å². The summed E-state index contributed by atoms with van der Waals surface area (Å²) in [5.74, 6) is 3.70. The number of nitrogens with one attached hydrogen (secondary N) is 1. The van der Waals surface area contributed by atoms with E-state index >= 15 is 0 Å². The first-order valence-corrected chi connectivity index (χ1v) is 8.21. The Bertz CT molecular complexity index is 579. The van der Waals surface area contributed by atoms with Crippen LogP contribution in [0.15, 0.2) is 24.3 Å². The first kappa shape index (κ1) is 15.9. The Morgan fingerprint density at radius 2 is 2.29 bits per heavy atom. The molecule has 0 amide bonds. The summed E-state index contributed by atoms with van der Waals surface area (Å²) in [6.07, 6.45) is 2.64. The van der Waals surface area contributed by atoms with Crippen LogP contribution in [-0.4, -0.2) is 38.7 Å². The molecule has 1 aromatic heterocycles. The predicted molar refractivity (Wildman–Crippen MR) is 86.6 cm³/mol. The molecule has 0 bridgehead atoms. The van der Waals surface area contributed by atoms with Gasteiger partial charge >= 0.3 is 0 Å². The quantitative estimate of drug-likeness (QED) is 0.851. The maximum atomic E-state index is 8.36. The smallest absolute Gasteiger partial charge is 0.290 e. The topological polar surface area (TPSA) is 67.2 Å². The molecule has 6 heteroatoms. The largest absolute Gasteiger partial charge is 0.483 e. The molecular weight excluding hydrogens is 286 g/mol. The molecule has 1 saturated heterocycles. The zero-order valence-electron chi connectivity index (χ0n) is 12.2. The van der Waals surface area contributed by atoms with Gasteiger partial charge in [0, 0.05) is 18.8 Å². The molecule has 1 aliphatic heterocycles. The maximum Gasteiger partial charge on any atom is 0.290 e. The second kappa shape index (κ2) is 8.05. The fourth-order valence-corrected chi connectivity index (χ4v) is 3.60. The molecule has 114 valence electrons. The molecule has 1 unspecified atom stereocenters. The summed E-state index contributed by atoms with van der Waals surface area (Å²) in [5, 5.41) is 10.5. The molecule has 5 nitrogen and oxygen atoms in total. The van der Waals surface area contributed by atoms with Crippen LogP contribution in [0.25, 0.3) is 11.0 Å². The van der Waals surface area contributed by atoms with Crippen molar-refractivity contribution in [3.05, 3.63) is 30.1 Å². The third-order valence-corrected chi connectivity index (χ3v) is 4.80. The van der Waals surface area contributed by atoms with Crippen molar-refractivity contribution in [3.63, 3.8) is 0 Å². The third-order valence-electron chi connectivity index (χ3n) is 3.59. The summed E-state index contributed by atoms with van der Waals surface area (Å²) >= 11 is 2.06. The number of hydrogen-bond donors (Lipinski definition) is 2. The van der Waals surface area contributed by atoms with Crippen LogP contribution in [0.1, 0.15) is 18.7 Å². The molecule has 0 radical (unpaired) electrons. The Morgan fingerprint density at radius 1 is 1.52 bits per heavy atom. The molecule has 1 atom stereocenters. The van der Waals surface area contributed by atoms with Gasteiger partial charge in [0.25, 0.3) is 6.47 Å². The summed E-state index contributed by atoms with van der Waals surface area (Å²) in [6, 6.07) is 8.98. The third kappa shape index (κ3) is 4.22. The van der Waals surface area contributed by atoms with Gasteiger partial charge in [-0.25, -0.2) is 4.98 Å². The zero-order chi connectivity index (χ0) is 15.1. The lowest BCUT2D eigenvalue weighted by atomic mass is 10.2. The van der Waals surface area contributed by atoms with Crippen molar-refractivity contribution in [2.75, 3.05) is 11.5 Å². The van der Waals surface area contributed by atoms with E-state index in [0.717, 1.165) is 17.9 Å². The fourth-order valence-electron chi connectivity index (χ4n) is 2.49. The van der Waals surface area contributed by atoms with Crippen LogP contribution in [-0.2, 0) is 18.4 Å². The van der Waals surface area contributed by atoms with Crippen molar-refractivity contribution in [3.8, 4) is 0 Å². The van der Waals surface area contributed by atoms with E-state index in [1.165, 1.54) is 29.9 Å². The summed E-state index contributed by atoms with van der Waals surface area (Å²) in [6.45, 7) is 0.621. The van der Waals surface area contributed by atoms with Crippen LogP contribution in [0.2, 0.25) is 0 Å². The van der Waals surface area contributed by atoms with Crippen molar-refractivity contribution in [2.24, 2.45) is 7.05 Å². The van der Waals surface area contributed by atoms with E-state index in [-0.39, 0.29) is 6.47 Å². The Kier molecular flexibility index (Phi) is 6.07. The number of benzene rings is 1. The molecule has 0 spiro atoms. The van der Waals surface area contributed by atoms with Gasteiger partial charge in [-0.05, 0) is 30.7 Å². The molecule has 0 saturated carbocycles. The highest BCUT2D eigenvalue weighted by Gasteiger charge is 2.14. The zero-order valence-corrected chi connectivity index (χ0v) is 13.0. The van der Waals surface area contributed by atoms with Gasteiger partial charge in [0.1, 0.15) is 5.82 Å². The highest BCUT2D eigenvalue weighted by atomic mass is 32.2. The van der Waals surface area contributed by atoms with Crippen molar-refractivity contribution < 1.29 is 9.90 Å². The summed E-state index contributed by atoms with van der Waals surface area (Å²) < 4.78 is 2.19. The van der Waals surface area contributed by atoms with Gasteiger partial charge in [0.2, 0.25) is 0 Å². The number of fused-ring (bicyclic) bond motifs is 1. The average molecular weight is 307 g/mol. The predicted octanol–water partition coefficient (Wildman–Crippen LogP) is 2.26. The van der Waals surface area contributed by atoms with Crippen molar-refractivity contribution in [1.29, 1.82) is 0 Å². The van der Waals surface area contributed by atoms with E-state index in [9.17, 15) is 0 Å².